The molecule has 0 aliphatic heterocycles. The van der Waals surface area contributed by atoms with Gasteiger partial charge in [0.25, 0.3) is 0 Å². The summed E-state index contributed by atoms with van der Waals surface area (Å²) in [5, 5.41) is 16.0. The van der Waals surface area contributed by atoms with E-state index in [4.69, 9.17) is 16.7 Å². The highest BCUT2D eigenvalue weighted by molar-refractivity contribution is 6.31. The van der Waals surface area contributed by atoms with Crippen LogP contribution in [0.15, 0.2) is 24.4 Å². The summed E-state index contributed by atoms with van der Waals surface area (Å²) in [5.41, 5.74) is -0.0869. The molecule has 2 aromatic rings. The monoisotopic (exact) mass is 305 g/mol. The molecule has 0 aliphatic carbocycles. The molecule has 0 unspecified atom stereocenters. The summed E-state index contributed by atoms with van der Waals surface area (Å²) in [6, 6.07) is 3.53. The minimum atomic E-state index is -4.52. The van der Waals surface area contributed by atoms with Crippen LogP contribution in [0.2, 0.25) is 5.02 Å². The summed E-state index contributed by atoms with van der Waals surface area (Å²) < 4.78 is 39.5. The van der Waals surface area contributed by atoms with Gasteiger partial charge >= 0.3 is 6.18 Å². The van der Waals surface area contributed by atoms with Crippen LogP contribution in [0.25, 0.3) is 5.69 Å². The first-order valence-corrected chi connectivity index (χ1v) is 6.19. The third kappa shape index (κ3) is 3.29. The van der Waals surface area contributed by atoms with Gasteiger partial charge in [-0.3, -0.25) is 0 Å². The van der Waals surface area contributed by atoms with E-state index in [2.05, 4.69) is 10.3 Å². The molecular weight excluding hydrogens is 295 g/mol. The summed E-state index contributed by atoms with van der Waals surface area (Å²) in [6.45, 7) is 0.0199. The molecule has 0 amide bonds. The van der Waals surface area contributed by atoms with Crippen molar-refractivity contribution in [2.45, 2.75) is 19.0 Å². The first kappa shape index (κ1) is 14.8. The molecule has 0 aliphatic rings. The van der Waals surface area contributed by atoms with Crippen LogP contribution in [0.4, 0.5) is 13.2 Å². The largest absolute Gasteiger partial charge is 0.417 e. The van der Waals surface area contributed by atoms with Crippen LogP contribution in [-0.2, 0) is 12.6 Å². The average Bonchev–Trinajstić information content (AvgIpc) is 2.84. The van der Waals surface area contributed by atoms with Crippen molar-refractivity contribution in [1.29, 1.82) is 0 Å². The number of benzene rings is 1. The highest BCUT2D eigenvalue weighted by Crippen LogP contribution is 2.35. The summed E-state index contributed by atoms with van der Waals surface area (Å²) in [6.07, 6.45) is -1.96. The molecule has 0 spiro atoms. The Labute approximate surface area is 117 Å². The van der Waals surface area contributed by atoms with Crippen molar-refractivity contribution in [2.75, 3.05) is 6.61 Å². The number of aliphatic hydroxyl groups is 1. The molecule has 0 bridgehead atoms. The Balaban J connectivity index is 2.31. The van der Waals surface area contributed by atoms with Crippen LogP contribution in [-0.4, -0.2) is 26.7 Å². The number of hydrogen-bond acceptors (Lipinski definition) is 3. The Hall–Kier alpha value is -1.60. The predicted octanol–water partition coefficient (Wildman–Crippen LogP) is 2.86. The molecule has 0 saturated carbocycles. The number of rotatable bonds is 4. The van der Waals surface area contributed by atoms with E-state index in [0.717, 1.165) is 6.07 Å². The maximum atomic E-state index is 12.8. The van der Waals surface area contributed by atoms with Crippen LogP contribution in [0.3, 0.4) is 0 Å². The Morgan fingerprint density at radius 2 is 2.05 bits per heavy atom. The number of alkyl halides is 3. The fourth-order valence-electron chi connectivity index (χ4n) is 1.67. The van der Waals surface area contributed by atoms with Crippen LogP contribution >= 0.6 is 11.6 Å². The lowest BCUT2D eigenvalue weighted by Crippen LogP contribution is -2.07. The SMILES string of the molecule is OCCCc1cn(-c2ccc(Cl)c(C(F)(F)F)c2)nn1. The van der Waals surface area contributed by atoms with E-state index in [1.54, 1.807) is 0 Å². The molecule has 0 atom stereocenters. The number of hydrogen-bond donors (Lipinski definition) is 1. The molecule has 1 heterocycles. The second kappa shape index (κ2) is 5.80. The molecule has 1 aromatic carbocycles. The second-order valence-corrected chi connectivity index (χ2v) is 4.55. The van der Waals surface area contributed by atoms with Crippen molar-refractivity contribution < 1.29 is 18.3 Å². The maximum Gasteiger partial charge on any atom is 0.417 e. The molecule has 20 heavy (non-hydrogen) atoms. The molecule has 1 aromatic heterocycles. The molecule has 0 saturated heterocycles. The minimum Gasteiger partial charge on any atom is -0.396 e. The molecule has 108 valence electrons. The zero-order valence-electron chi connectivity index (χ0n) is 10.2. The predicted molar refractivity (Wildman–Crippen MR) is 66.8 cm³/mol. The summed E-state index contributed by atoms with van der Waals surface area (Å²) >= 11 is 5.55. The van der Waals surface area contributed by atoms with E-state index in [1.165, 1.54) is 23.0 Å². The molecule has 0 radical (unpaired) electrons. The van der Waals surface area contributed by atoms with Gasteiger partial charge in [-0.1, -0.05) is 16.8 Å². The van der Waals surface area contributed by atoms with Gasteiger partial charge in [0.2, 0.25) is 0 Å². The quantitative estimate of drug-likeness (QED) is 0.945. The highest BCUT2D eigenvalue weighted by atomic mass is 35.5. The van der Waals surface area contributed by atoms with Crippen molar-refractivity contribution in [3.05, 3.63) is 40.7 Å². The second-order valence-electron chi connectivity index (χ2n) is 4.14. The van der Waals surface area contributed by atoms with Crippen molar-refractivity contribution in [3.63, 3.8) is 0 Å². The van der Waals surface area contributed by atoms with Crippen LogP contribution < -0.4 is 0 Å². The van der Waals surface area contributed by atoms with Gasteiger partial charge in [0, 0.05) is 6.61 Å². The molecule has 0 fully saturated rings. The van der Waals surface area contributed by atoms with Gasteiger partial charge in [-0.25, -0.2) is 4.68 Å². The molecular formula is C12H11ClF3N3O. The molecule has 1 N–H and O–H groups in total. The topological polar surface area (TPSA) is 50.9 Å². The van der Waals surface area contributed by atoms with Crippen LogP contribution in [0, 0.1) is 0 Å². The summed E-state index contributed by atoms with van der Waals surface area (Å²) in [7, 11) is 0. The Morgan fingerprint density at radius 1 is 1.30 bits per heavy atom. The zero-order valence-corrected chi connectivity index (χ0v) is 11.0. The van der Waals surface area contributed by atoms with E-state index in [1.807, 2.05) is 0 Å². The Bertz CT molecular complexity index is 598. The highest BCUT2D eigenvalue weighted by Gasteiger charge is 2.33. The van der Waals surface area contributed by atoms with E-state index in [-0.39, 0.29) is 17.3 Å². The molecule has 8 heteroatoms. The van der Waals surface area contributed by atoms with Gasteiger partial charge < -0.3 is 5.11 Å². The molecule has 2 rings (SSSR count). The third-order valence-corrected chi connectivity index (χ3v) is 2.98. The smallest absolute Gasteiger partial charge is 0.396 e. The number of aliphatic hydroxyl groups excluding tert-OH is 1. The van der Waals surface area contributed by atoms with Crippen molar-refractivity contribution >= 4 is 11.6 Å². The Morgan fingerprint density at radius 3 is 2.70 bits per heavy atom. The standard InChI is InChI=1S/C12H11ClF3N3O/c13-11-4-3-9(6-10(11)12(14,15)16)19-7-8(17-18-19)2-1-5-20/h3-4,6-7,20H,1-2,5H2. The van der Waals surface area contributed by atoms with E-state index in [0.29, 0.717) is 18.5 Å². The number of nitrogens with zero attached hydrogens (tertiary/aromatic N) is 3. The summed E-state index contributed by atoms with van der Waals surface area (Å²) in [5.74, 6) is 0. The number of aromatic nitrogens is 3. The Kier molecular flexibility index (Phi) is 4.29. The van der Waals surface area contributed by atoms with Crippen LogP contribution in [0.1, 0.15) is 17.7 Å². The minimum absolute atomic E-state index is 0.0199. The van der Waals surface area contributed by atoms with Gasteiger partial charge in [-0.2, -0.15) is 13.2 Å². The fourth-order valence-corrected chi connectivity index (χ4v) is 1.90. The number of halogens is 4. The first-order valence-electron chi connectivity index (χ1n) is 5.81. The average molecular weight is 306 g/mol. The van der Waals surface area contributed by atoms with Gasteiger partial charge in [0.15, 0.2) is 0 Å². The van der Waals surface area contributed by atoms with Crippen molar-refractivity contribution in [2.24, 2.45) is 0 Å². The summed E-state index contributed by atoms with van der Waals surface area (Å²) in [4.78, 5) is 0. The maximum absolute atomic E-state index is 12.8. The van der Waals surface area contributed by atoms with Gasteiger partial charge in [-0.05, 0) is 31.0 Å². The fraction of sp³-hybridized carbons (Fsp3) is 0.333. The lowest BCUT2D eigenvalue weighted by Gasteiger charge is -2.10. The van der Waals surface area contributed by atoms with Gasteiger partial charge in [0.1, 0.15) is 0 Å². The zero-order chi connectivity index (χ0) is 14.8. The third-order valence-electron chi connectivity index (χ3n) is 2.65. The number of aryl methyl sites for hydroxylation is 1. The normalized spacial score (nSPS) is 11.8. The van der Waals surface area contributed by atoms with Gasteiger partial charge in [-0.15, -0.1) is 5.10 Å². The van der Waals surface area contributed by atoms with Gasteiger partial charge in [0.05, 0.1) is 28.2 Å². The van der Waals surface area contributed by atoms with Crippen LogP contribution in [0.5, 0.6) is 0 Å². The van der Waals surface area contributed by atoms with Crippen molar-refractivity contribution in [1.82, 2.24) is 15.0 Å². The first-order chi connectivity index (χ1) is 9.41. The lowest BCUT2D eigenvalue weighted by molar-refractivity contribution is -0.137. The van der Waals surface area contributed by atoms with Crippen molar-refractivity contribution in [3.8, 4) is 5.69 Å². The van der Waals surface area contributed by atoms with E-state index in [9.17, 15) is 13.2 Å². The van der Waals surface area contributed by atoms with E-state index >= 15 is 0 Å². The molecule has 4 nitrogen and oxygen atoms in total. The lowest BCUT2D eigenvalue weighted by atomic mass is 10.2. The van der Waals surface area contributed by atoms with E-state index < -0.39 is 11.7 Å².